The Morgan fingerprint density at radius 1 is 1.11 bits per heavy atom. The van der Waals surface area contributed by atoms with Gasteiger partial charge >= 0.3 is 5.97 Å². The molecule has 0 aliphatic heterocycles. The molecule has 8 heteroatoms. The zero-order valence-electron chi connectivity index (χ0n) is 15.3. The van der Waals surface area contributed by atoms with Crippen molar-refractivity contribution in [3.8, 4) is 5.75 Å². The van der Waals surface area contributed by atoms with E-state index >= 15 is 0 Å². The van der Waals surface area contributed by atoms with E-state index < -0.39 is 16.8 Å². The average Bonchev–Trinajstić information content (AvgIpc) is 2.67. The Kier molecular flexibility index (Phi) is 6.48. The summed E-state index contributed by atoms with van der Waals surface area (Å²) in [5, 5.41) is 13.7. The number of methoxy groups -OCH3 is 2. The number of nitro groups is 1. The second-order valence-electron chi connectivity index (χ2n) is 5.84. The topological polar surface area (TPSA) is 108 Å². The predicted molar refractivity (Wildman–Crippen MR) is 98.2 cm³/mol. The second kappa shape index (κ2) is 8.79. The van der Waals surface area contributed by atoms with Gasteiger partial charge in [0, 0.05) is 24.2 Å². The third kappa shape index (κ3) is 5.04. The lowest BCUT2D eigenvalue weighted by Crippen LogP contribution is -2.26. The second-order valence-corrected chi connectivity index (χ2v) is 5.84. The Morgan fingerprint density at radius 2 is 1.81 bits per heavy atom. The summed E-state index contributed by atoms with van der Waals surface area (Å²) < 4.78 is 9.87. The van der Waals surface area contributed by atoms with Gasteiger partial charge in [0.2, 0.25) is 0 Å². The highest BCUT2D eigenvalue weighted by molar-refractivity contribution is 5.98. The molecule has 0 bridgehead atoms. The molecule has 0 aromatic heterocycles. The molecule has 142 valence electrons. The van der Waals surface area contributed by atoms with Gasteiger partial charge in [-0.15, -0.1) is 0 Å². The quantitative estimate of drug-likeness (QED) is 0.455. The molecule has 2 rings (SSSR count). The first-order chi connectivity index (χ1) is 12.8. The minimum Gasteiger partial charge on any atom is -0.496 e. The van der Waals surface area contributed by atoms with E-state index in [0.29, 0.717) is 13.0 Å². The van der Waals surface area contributed by atoms with Crippen LogP contribution < -0.4 is 10.1 Å². The fourth-order valence-corrected chi connectivity index (χ4v) is 2.60. The summed E-state index contributed by atoms with van der Waals surface area (Å²) in [5.74, 6) is -0.550. The van der Waals surface area contributed by atoms with Crippen LogP contribution in [0.15, 0.2) is 36.4 Å². The minimum atomic E-state index is -0.753. The van der Waals surface area contributed by atoms with Crippen molar-refractivity contribution in [2.45, 2.75) is 13.3 Å². The number of hydrogen-bond donors (Lipinski definition) is 1. The van der Waals surface area contributed by atoms with Gasteiger partial charge in [0.15, 0.2) is 0 Å². The summed E-state index contributed by atoms with van der Waals surface area (Å²) >= 11 is 0. The number of amides is 1. The summed E-state index contributed by atoms with van der Waals surface area (Å²) in [6, 6.07) is 9.21. The van der Waals surface area contributed by atoms with Crippen LogP contribution >= 0.6 is 0 Å². The summed E-state index contributed by atoms with van der Waals surface area (Å²) in [5.41, 5.74) is 1.60. The van der Waals surface area contributed by atoms with Gasteiger partial charge in [-0.3, -0.25) is 14.9 Å². The zero-order chi connectivity index (χ0) is 20.0. The van der Waals surface area contributed by atoms with Gasteiger partial charge in [0.1, 0.15) is 5.75 Å². The van der Waals surface area contributed by atoms with Crippen LogP contribution in [0.2, 0.25) is 0 Å². The van der Waals surface area contributed by atoms with Gasteiger partial charge in [-0.2, -0.15) is 0 Å². The van der Waals surface area contributed by atoms with E-state index in [1.165, 1.54) is 6.07 Å². The lowest BCUT2D eigenvalue weighted by Gasteiger charge is -2.11. The molecule has 0 heterocycles. The Bertz CT molecular complexity index is 878. The van der Waals surface area contributed by atoms with Crippen molar-refractivity contribution in [2.24, 2.45) is 0 Å². The van der Waals surface area contributed by atoms with E-state index in [9.17, 15) is 19.7 Å². The molecule has 0 fully saturated rings. The van der Waals surface area contributed by atoms with E-state index in [2.05, 4.69) is 10.1 Å². The Labute approximate surface area is 156 Å². The molecule has 27 heavy (non-hydrogen) atoms. The molecule has 0 atom stereocenters. The van der Waals surface area contributed by atoms with Crippen LogP contribution in [0.25, 0.3) is 0 Å². The summed E-state index contributed by atoms with van der Waals surface area (Å²) in [7, 11) is 2.74. The highest BCUT2D eigenvalue weighted by atomic mass is 16.6. The van der Waals surface area contributed by atoms with Gasteiger partial charge in [0.05, 0.1) is 24.7 Å². The lowest BCUT2D eigenvalue weighted by molar-refractivity contribution is -0.384. The van der Waals surface area contributed by atoms with Crippen molar-refractivity contribution in [1.29, 1.82) is 0 Å². The van der Waals surface area contributed by atoms with Gasteiger partial charge < -0.3 is 14.8 Å². The number of rotatable bonds is 7. The van der Waals surface area contributed by atoms with Gasteiger partial charge in [0.25, 0.3) is 11.6 Å². The Hall–Kier alpha value is -3.42. The molecular formula is C19H20N2O6. The molecule has 2 aromatic carbocycles. The average molecular weight is 372 g/mol. The fourth-order valence-electron chi connectivity index (χ4n) is 2.60. The van der Waals surface area contributed by atoms with Crippen molar-refractivity contribution in [3.05, 3.63) is 68.8 Å². The number of esters is 1. The molecule has 0 radical (unpaired) electrons. The number of aryl methyl sites for hydroxylation is 1. The number of nitrogens with one attached hydrogen (secondary N) is 1. The molecule has 0 aliphatic rings. The summed E-state index contributed by atoms with van der Waals surface area (Å²) in [6.45, 7) is 2.26. The molecule has 0 unspecified atom stereocenters. The monoisotopic (exact) mass is 372 g/mol. The van der Waals surface area contributed by atoms with E-state index in [1.54, 1.807) is 7.11 Å². The predicted octanol–water partition coefficient (Wildman–Crippen LogP) is 2.67. The van der Waals surface area contributed by atoms with Crippen LogP contribution in [0.3, 0.4) is 0 Å². The molecule has 0 spiro atoms. The first-order valence-electron chi connectivity index (χ1n) is 8.15. The summed E-state index contributed by atoms with van der Waals surface area (Å²) in [6.07, 6.45) is 0.523. The van der Waals surface area contributed by atoms with Crippen molar-refractivity contribution in [1.82, 2.24) is 5.32 Å². The minimum absolute atomic E-state index is 0.0146. The number of non-ortho nitro benzene ring substituents is 1. The normalized spacial score (nSPS) is 10.2. The van der Waals surface area contributed by atoms with Crippen LogP contribution in [-0.4, -0.2) is 37.6 Å². The maximum Gasteiger partial charge on any atom is 0.338 e. The first kappa shape index (κ1) is 19.9. The molecule has 0 saturated heterocycles. The van der Waals surface area contributed by atoms with Gasteiger partial charge in [-0.25, -0.2) is 4.79 Å². The first-order valence-corrected chi connectivity index (χ1v) is 8.15. The molecule has 1 amide bonds. The number of carbonyl (C=O) groups is 2. The lowest BCUT2D eigenvalue weighted by atomic mass is 10.1. The number of nitro benzene ring substituents is 1. The van der Waals surface area contributed by atoms with E-state index in [-0.39, 0.29) is 16.8 Å². The van der Waals surface area contributed by atoms with Crippen molar-refractivity contribution in [2.75, 3.05) is 20.8 Å². The van der Waals surface area contributed by atoms with Crippen molar-refractivity contribution >= 4 is 17.6 Å². The third-order valence-corrected chi connectivity index (χ3v) is 3.93. The zero-order valence-corrected chi connectivity index (χ0v) is 15.3. The number of benzene rings is 2. The molecule has 1 N–H and O–H groups in total. The van der Waals surface area contributed by atoms with Crippen LogP contribution in [0.1, 0.15) is 31.8 Å². The molecule has 0 aliphatic carbocycles. The number of ether oxygens (including phenoxy) is 2. The SMILES string of the molecule is COC(=O)c1cc(C(=O)NCCc2cc(C)ccc2OC)cc([N+](=O)[O-])c1. The van der Waals surface area contributed by atoms with Gasteiger partial charge in [-0.05, 0) is 31.0 Å². The Morgan fingerprint density at radius 3 is 2.44 bits per heavy atom. The summed E-state index contributed by atoms with van der Waals surface area (Å²) in [4.78, 5) is 34.4. The van der Waals surface area contributed by atoms with Crippen molar-refractivity contribution in [3.63, 3.8) is 0 Å². The third-order valence-electron chi connectivity index (χ3n) is 3.93. The highest BCUT2D eigenvalue weighted by Gasteiger charge is 2.18. The maximum absolute atomic E-state index is 12.4. The number of carbonyl (C=O) groups excluding carboxylic acids is 2. The maximum atomic E-state index is 12.4. The van der Waals surface area contributed by atoms with Crippen LogP contribution in [0.5, 0.6) is 5.75 Å². The van der Waals surface area contributed by atoms with E-state index in [4.69, 9.17) is 4.74 Å². The Balaban J connectivity index is 2.14. The smallest absolute Gasteiger partial charge is 0.338 e. The molecule has 0 saturated carbocycles. The van der Waals surface area contributed by atoms with E-state index in [1.807, 2.05) is 25.1 Å². The fraction of sp³-hybridized carbons (Fsp3) is 0.263. The van der Waals surface area contributed by atoms with Crippen molar-refractivity contribution < 1.29 is 24.0 Å². The molecule has 8 nitrogen and oxygen atoms in total. The highest BCUT2D eigenvalue weighted by Crippen LogP contribution is 2.20. The largest absolute Gasteiger partial charge is 0.496 e. The van der Waals surface area contributed by atoms with Crippen LogP contribution in [-0.2, 0) is 11.2 Å². The standard InChI is InChI=1S/C19H20N2O6/c1-12-4-5-17(26-2)13(8-12)6-7-20-18(22)14-9-15(19(23)27-3)11-16(10-14)21(24)25/h4-5,8-11H,6-7H2,1-3H3,(H,20,22). The van der Waals surface area contributed by atoms with Gasteiger partial charge in [-0.1, -0.05) is 17.7 Å². The molecule has 2 aromatic rings. The number of nitrogens with zero attached hydrogens (tertiary/aromatic N) is 1. The van der Waals surface area contributed by atoms with E-state index in [0.717, 1.165) is 36.1 Å². The number of hydrogen-bond acceptors (Lipinski definition) is 6. The van der Waals surface area contributed by atoms with Crippen LogP contribution in [0.4, 0.5) is 5.69 Å². The molecular weight excluding hydrogens is 352 g/mol. The van der Waals surface area contributed by atoms with Crippen LogP contribution in [0, 0.1) is 17.0 Å².